The Hall–Kier alpha value is -4.94. The van der Waals surface area contributed by atoms with E-state index in [1.165, 1.54) is 6.21 Å². The molecule has 0 aromatic heterocycles. The van der Waals surface area contributed by atoms with E-state index in [1.54, 1.807) is 30.3 Å². The van der Waals surface area contributed by atoms with Crippen LogP contribution >= 0.6 is 11.6 Å². The minimum Gasteiger partial charge on any atom is -0.484 e. The molecule has 0 aliphatic carbocycles. The van der Waals surface area contributed by atoms with E-state index in [4.69, 9.17) is 21.1 Å². The smallest absolute Gasteiger partial charge is 0.345 e. The highest BCUT2D eigenvalue weighted by Gasteiger charge is 2.16. The van der Waals surface area contributed by atoms with Crippen LogP contribution in [0.25, 0.3) is 21.9 Å². The number of hydrogen-bond acceptors (Lipinski definition) is 5. The van der Waals surface area contributed by atoms with Gasteiger partial charge in [-0.3, -0.25) is 4.79 Å². The quantitative estimate of drug-likeness (QED) is 0.102. The zero-order valence-corrected chi connectivity index (χ0v) is 21.5. The monoisotopic (exact) mass is 534 g/mol. The molecule has 0 bridgehead atoms. The molecule has 0 radical (unpaired) electrons. The van der Waals surface area contributed by atoms with Gasteiger partial charge >= 0.3 is 5.97 Å². The zero-order chi connectivity index (χ0) is 27.0. The van der Waals surface area contributed by atoms with Crippen LogP contribution in [-0.4, -0.2) is 24.7 Å². The number of hydrogen-bond donors (Lipinski definition) is 1. The lowest BCUT2D eigenvalue weighted by atomic mass is 10.0. The van der Waals surface area contributed by atoms with E-state index in [0.29, 0.717) is 16.3 Å². The summed E-state index contributed by atoms with van der Waals surface area (Å²) in [7, 11) is 0. The first kappa shape index (κ1) is 25.7. The molecule has 5 rings (SSSR count). The highest BCUT2D eigenvalue weighted by Crippen LogP contribution is 2.28. The Morgan fingerprint density at radius 1 is 0.769 bits per heavy atom. The van der Waals surface area contributed by atoms with Crippen molar-refractivity contribution in [3.8, 4) is 22.6 Å². The minimum atomic E-state index is -0.596. The number of ether oxygens (including phenoxy) is 2. The first-order valence-electron chi connectivity index (χ1n) is 12.2. The number of esters is 1. The van der Waals surface area contributed by atoms with Gasteiger partial charge in [0.15, 0.2) is 6.61 Å². The van der Waals surface area contributed by atoms with Crippen LogP contribution in [0.2, 0.25) is 5.02 Å². The molecule has 5 aromatic rings. The normalized spacial score (nSPS) is 10.9. The summed E-state index contributed by atoms with van der Waals surface area (Å²) in [6.07, 6.45) is 1.45. The average molecular weight is 535 g/mol. The summed E-state index contributed by atoms with van der Waals surface area (Å²) in [5.74, 6) is -0.183. The van der Waals surface area contributed by atoms with Gasteiger partial charge in [0, 0.05) is 5.56 Å². The molecule has 1 N–H and O–H groups in total. The lowest BCUT2D eigenvalue weighted by molar-refractivity contribution is -0.123. The van der Waals surface area contributed by atoms with Gasteiger partial charge in [-0.1, -0.05) is 96.5 Å². The second-order valence-electron chi connectivity index (χ2n) is 8.54. The molecule has 39 heavy (non-hydrogen) atoms. The van der Waals surface area contributed by atoms with Crippen LogP contribution in [0.5, 0.6) is 11.5 Å². The van der Waals surface area contributed by atoms with Crippen molar-refractivity contribution in [1.29, 1.82) is 0 Å². The molecule has 6 nitrogen and oxygen atoms in total. The van der Waals surface area contributed by atoms with Gasteiger partial charge in [-0.25, -0.2) is 10.2 Å². The number of carbonyl (C=O) groups is 2. The van der Waals surface area contributed by atoms with Crippen molar-refractivity contribution in [1.82, 2.24) is 5.43 Å². The van der Waals surface area contributed by atoms with E-state index in [0.717, 1.165) is 21.9 Å². The fourth-order valence-corrected chi connectivity index (χ4v) is 4.22. The maximum Gasteiger partial charge on any atom is 0.345 e. The standard InChI is InChI=1S/C32H23ClN2O4/c33-29-13-7-6-12-27(29)32(37)39-30-19-16-24-10-4-5-11-26(24)28(30)20-34-35-31(36)21-38-25-17-14-23(15-18-25)22-8-2-1-3-9-22/h1-20H,21H2,(H,35,36)/b34-20-. The maximum absolute atomic E-state index is 12.8. The first-order chi connectivity index (χ1) is 19.1. The molecule has 0 heterocycles. The predicted octanol–water partition coefficient (Wildman–Crippen LogP) is 6.91. The van der Waals surface area contributed by atoms with Crippen LogP contribution in [0.1, 0.15) is 15.9 Å². The van der Waals surface area contributed by atoms with E-state index in [-0.39, 0.29) is 17.9 Å². The molecule has 0 unspecified atom stereocenters. The Bertz CT molecular complexity index is 1650. The Morgan fingerprint density at radius 2 is 1.46 bits per heavy atom. The molecule has 192 valence electrons. The number of benzene rings is 5. The van der Waals surface area contributed by atoms with Gasteiger partial charge in [-0.2, -0.15) is 5.10 Å². The molecule has 0 atom stereocenters. The van der Waals surface area contributed by atoms with E-state index < -0.39 is 11.9 Å². The van der Waals surface area contributed by atoms with Gasteiger partial charge in [0.1, 0.15) is 11.5 Å². The van der Waals surface area contributed by atoms with Crippen molar-refractivity contribution in [3.63, 3.8) is 0 Å². The van der Waals surface area contributed by atoms with Crippen molar-refractivity contribution in [2.45, 2.75) is 0 Å². The zero-order valence-electron chi connectivity index (χ0n) is 20.7. The van der Waals surface area contributed by atoms with Crippen LogP contribution in [0.3, 0.4) is 0 Å². The summed E-state index contributed by atoms with van der Waals surface area (Å²) >= 11 is 6.16. The Morgan fingerprint density at radius 3 is 2.26 bits per heavy atom. The maximum atomic E-state index is 12.8. The Kier molecular flexibility index (Phi) is 7.95. The van der Waals surface area contributed by atoms with Crippen LogP contribution in [0, 0.1) is 0 Å². The van der Waals surface area contributed by atoms with Gasteiger partial charge in [0.25, 0.3) is 5.91 Å². The van der Waals surface area contributed by atoms with E-state index >= 15 is 0 Å². The van der Waals surface area contributed by atoms with Crippen molar-refractivity contribution < 1.29 is 19.1 Å². The number of nitrogens with zero attached hydrogens (tertiary/aromatic N) is 1. The molecule has 0 saturated heterocycles. The number of carbonyl (C=O) groups excluding carboxylic acids is 2. The third kappa shape index (κ3) is 6.32. The fourth-order valence-electron chi connectivity index (χ4n) is 4.00. The van der Waals surface area contributed by atoms with Crippen molar-refractivity contribution >= 4 is 40.5 Å². The molecular weight excluding hydrogens is 512 g/mol. The summed E-state index contributed by atoms with van der Waals surface area (Å²) < 4.78 is 11.3. The summed E-state index contributed by atoms with van der Waals surface area (Å²) in [5, 5.41) is 6.11. The van der Waals surface area contributed by atoms with Gasteiger partial charge in [0.2, 0.25) is 0 Å². The van der Waals surface area contributed by atoms with E-state index in [9.17, 15) is 9.59 Å². The van der Waals surface area contributed by atoms with Crippen LogP contribution < -0.4 is 14.9 Å². The predicted molar refractivity (Wildman–Crippen MR) is 153 cm³/mol. The fraction of sp³-hybridized carbons (Fsp3) is 0.0312. The molecule has 0 fully saturated rings. The van der Waals surface area contributed by atoms with Crippen molar-refractivity contribution in [3.05, 3.63) is 131 Å². The molecule has 0 spiro atoms. The van der Waals surface area contributed by atoms with E-state index in [2.05, 4.69) is 10.5 Å². The number of hydrazone groups is 1. The largest absolute Gasteiger partial charge is 0.484 e. The summed E-state index contributed by atoms with van der Waals surface area (Å²) in [6, 6.07) is 35.3. The number of halogens is 1. The molecular formula is C32H23ClN2O4. The van der Waals surface area contributed by atoms with Crippen LogP contribution in [-0.2, 0) is 4.79 Å². The molecule has 5 aromatic carbocycles. The summed E-state index contributed by atoms with van der Waals surface area (Å²) in [6.45, 7) is -0.216. The molecule has 1 amide bonds. The average Bonchev–Trinajstić information content (AvgIpc) is 2.98. The highest BCUT2D eigenvalue weighted by molar-refractivity contribution is 6.33. The second-order valence-corrected chi connectivity index (χ2v) is 8.95. The molecule has 0 aliphatic rings. The van der Waals surface area contributed by atoms with Crippen LogP contribution in [0.15, 0.2) is 120 Å². The van der Waals surface area contributed by atoms with Crippen molar-refractivity contribution in [2.75, 3.05) is 6.61 Å². The molecule has 0 aliphatic heterocycles. The minimum absolute atomic E-state index is 0.216. The topological polar surface area (TPSA) is 77.0 Å². The lowest BCUT2D eigenvalue weighted by Crippen LogP contribution is -2.24. The van der Waals surface area contributed by atoms with Crippen molar-refractivity contribution in [2.24, 2.45) is 5.10 Å². The van der Waals surface area contributed by atoms with Gasteiger partial charge in [0.05, 0.1) is 16.8 Å². The summed E-state index contributed by atoms with van der Waals surface area (Å²) in [5.41, 5.74) is 5.40. The molecule has 7 heteroatoms. The third-order valence-electron chi connectivity index (χ3n) is 5.94. The number of nitrogens with one attached hydrogen (secondary N) is 1. The van der Waals surface area contributed by atoms with Gasteiger partial charge in [-0.15, -0.1) is 0 Å². The number of fused-ring (bicyclic) bond motifs is 1. The SMILES string of the molecule is O=C(COc1ccc(-c2ccccc2)cc1)N/N=C\c1c(OC(=O)c2ccccc2Cl)ccc2ccccc12. The highest BCUT2D eigenvalue weighted by atomic mass is 35.5. The first-order valence-corrected chi connectivity index (χ1v) is 12.5. The lowest BCUT2D eigenvalue weighted by Gasteiger charge is -2.11. The molecule has 0 saturated carbocycles. The number of rotatable bonds is 8. The Balaban J connectivity index is 1.26. The Labute approximate surface area is 230 Å². The van der Waals surface area contributed by atoms with Gasteiger partial charge < -0.3 is 9.47 Å². The van der Waals surface area contributed by atoms with Gasteiger partial charge in [-0.05, 0) is 52.2 Å². The summed E-state index contributed by atoms with van der Waals surface area (Å²) in [4.78, 5) is 25.2. The number of amides is 1. The second kappa shape index (κ2) is 12.1. The van der Waals surface area contributed by atoms with Crippen LogP contribution in [0.4, 0.5) is 0 Å². The third-order valence-corrected chi connectivity index (χ3v) is 6.27. The van der Waals surface area contributed by atoms with E-state index in [1.807, 2.05) is 84.9 Å².